The Kier molecular flexibility index (Phi) is 8.26. The quantitative estimate of drug-likeness (QED) is 0.626. The van der Waals surface area contributed by atoms with Crippen LogP contribution in [0, 0.1) is 11.8 Å². The predicted octanol–water partition coefficient (Wildman–Crippen LogP) is 3.84. The van der Waals surface area contributed by atoms with Crippen LogP contribution in [0.2, 0.25) is 0 Å². The Morgan fingerprint density at radius 1 is 1.00 bits per heavy atom. The van der Waals surface area contributed by atoms with Gasteiger partial charge in [0.05, 0.1) is 0 Å². The van der Waals surface area contributed by atoms with Crippen LogP contribution in [0.3, 0.4) is 0 Å². The smallest absolute Gasteiger partial charge is 0.00951 e. The Morgan fingerprint density at radius 3 is 2.07 bits per heavy atom. The minimum absolute atomic E-state index is 0.731. The molecule has 0 saturated heterocycles. The Morgan fingerprint density at radius 2 is 1.64 bits per heavy atom. The van der Waals surface area contributed by atoms with Crippen LogP contribution in [0.5, 0.6) is 0 Å². The third-order valence-electron chi connectivity index (χ3n) is 2.81. The van der Waals surface area contributed by atoms with Crippen molar-refractivity contribution < 1.29 is 0 Å². The first kappa shape index (κ1) is 14.0. The summed E-state index contributed by atoms with van der Waals surface area (Å²) in [7, 11) is 0. The van der Waals surface area contributed by atoms with Crippen LogP contribution in [-0.4, -0.2) is 12.6 Å². The van der Waals surface area contributed by atoms with E-state index in [9.17, 15) is 0 Å². The second-order valence-electron chi connectivity index (χ2n) is 4.96. The van der Waals surface area contributed by atoms with Crippen LogP contribution >= 0.6 is 0 Å². The first-order valence-electron chi connectivity index (χ1n) is 6.35. The lowest BCUT2D eigenvalue weighted by Crippen LogP contribution is -2.36. The molecule has 1 heteroatoms. The highest BCUT2D eigenvalue weighted by molar-refractivity contribution is 4.74. The first-order chi connectivity index (χ1) is 6.61. The average molecular weight is 199 g/mol. The first-order valence-corrected chi connectivity index (χ1v) is 6.35. The van der Waals surface area contributed by atoms with Crippen molar-refractivity contribution in [2.24, 2.45) is 11.8 Å². The van der Waals surface area contributed by atoms with Gasteiger partial charge in [-0.2, -0.15) is 0 Å². The predicted molar refractivity (Wildman–Crippen MR) is 65.6 cm³/mol. The molecule has 14 heavy (non-hydrogen) atoms. The monoisotopic (exact) mass is 199 g/mol. The summed E-state index contributed by atoms with van der Waals surface area (Å²) in [6.45, 7) is 12.7. The topological polar surface area (TPSA) is 12.0 Å². The number of hydrogen-bond acceptors (Lipinski definition) is 1. The van der Waals surface area contributed by atoms with Crippen LogP contribution in [-0.2, 0) is 0 Å². The van der Waals surface area contributed by atoms with Crippen molar-refractivity contribution in [3.63, 3.8) is 0 Å². The number of hydrogen-bond donors (Lipinski definition) is 1. The van der Waals surface area contributed by atoms with E-state index in [-0.39, 0.29) is 0 Å². The van der Waals surface area contributed by atoms with Gasteiger partial charge in [0.2, 0.25) is 0 Å². The summed E-state index contributed by atoms with van der Waals surface area (Å²) in [6, 6.07) is 0.731. The molecule has 0 bridgehead atoms. The van der Waals surface area contributed by atoms with Crippen molar-refractivity contribution in [2.45, 2.75) is 66.3 Å². The number of nitrogens with one attached hydrogen (secondary N) is 1. The zero-order chi connectivity index (χ0) is 11.0. The van der Waals surface area contributed by atoms with Crippen LogP contribution in [0.25, 0.3) is 0 Å². The Bertz CT molecular complexity index is 120. The van der Waals surface area contributed by atoms with Crippen molar-refractivity contribution in [1.82, 2.24) is 5.32 Å². The van der Waals surface area contributed by atoms with Gasteiger partial charge in [0.25, 0.3) is 0 Å². The second-order valence-corrected chi connectivity index (χ2v) is 4.96. The summed E-state index contributed by atoms with van der Waals surface area (Å²) in [5.41, 5.74) is 0. The minimum atomic E-state index is 0.731. The fraction of sp³-hybridized carbons (Fsp3) is 1.00. The molecule has 0 aromatic heterocycles. The van der Waals surface area contributed by atoms with Gasteiger partial charge in [-0.15, -0.1) is 0 Å². The van der Waals surface area contributed by atoms with E-state index >= 15 is 0 Å². The van der Waals surface area contributed by atoms with E-state index in [2.05, 4.69) is 39.9 Å². The molecule has 2 atom stereocenters. The molecule has 1 N–H and O–H groups in total. The standard InChI is InChI=1S/C13H29N/c1-6-8-12(5)13(10-11(3)4)14-9-7-2/h11-14H,6-10H2,1-5H3. The van der Waals surface area contributed by atoms with Gasteiger partial charge >= 0.3 is 0 Å². The molecule has 0 aromatic rings. The van der Waals surface area contributed by atoms with E-state index in [0.717, 1.165) is 17.9 Å². The van der Waals surface area contributed by atoms with Crippen LogP contribution in [0.15, 0.2) is 0 Å². The van der Waals surface area contributed by atoms with E-state index in [0.29, 0.717) is 0 Å². The molecule has 0 heterocycles. The molecule has 0 aliphatic heterocycles. The SMILES string of the molecule is CCCNC(CC(C)C)C(C)CCC. The second kappa shape index (κ2) is 8.28. The average Bonchev–Trinajstić information content (AvgIpc) is 2.12. The van der Waals surface area contributed by atoms with Gasteiger partial charge in [0.1, 0.15) is 0 Å². The summed E-state index contributed by atoms with van der Waals surface area (Å²) in [5.74, 6) is 1.64. The maximum Gasteiger partial charge on any atom is 0.00951 e. The van der Waals surface area contributed by atoms with Crippen LogP contribution < -0.4 is 5.32 Å². The van der Waals surface area contributed by atoms with Gasteiger partial charge in [0.15, 0.2) is 0 Å². The van der Waals surface area contributed by atoms with Gasteiger partial charge < -0.3 is 5.32 Å². The van der Waals surface area contributed by atoms with Gasteiger partial charge in [-0.25, -0.2) is 0 Å². The highest BCUT2D eigenvalue weighted by Crippen LogP contribution is 2.17. The largest absolute Gasteiger partial charge is 0.314 e. The van der Waals surface area contributed by atoms with Crippen molar-refractivity contribution >= 4 is 0 Å². The van der Waals surface area contributed by atoms with Gasteiger partial charge in [-0.1, -0.05) is 41.0 Å². The third-order valence-corrected chi connectivity index (χ3v) is 2.81. The Balaban J connectivity index is 3.94. The van der Waals surface area contributed by atoms with Gasteiger partial charge in [0, 0.05) is 6.04 Å². The van der Waals surface area contributed by atoms with Crippen LogP contribution in [0.4, 0.5) is 0 Å². The summed E-state index contributed by atoms with van der Waals surface area (Å²) < 4.78 is 0. The van der Waals surface area contributed by atoms with Crippen molar-refractivity contribution in [3.05, 3.63) is 0 Å². The maximum absolute atomic E-state index is 3.69. The Hall–Kier alpha value is -0.0400. The summed E-state index contributed by atoms with van der Waals surface area (Å²) in [5, 5.41) is 3.69. The molecule has 0 rings (SSSR count). The highest BCUT2D eigenvalue weighted by atomic mass is 14.9. The lowest BCUT2D eigenvalue weighted by Gasteiger charge is -2.26. The van der Waals surface area contributed by atoms with Crippen LogP contribution in [0.1, 0.15) is 60.3 Å². The minimum Gasteiger partial charge on any atom is -0.314 e. The summed E-state index contributed by atoms with van der Waals surface area (Å²) in [6.07, 6.45) is 5.23. The van der Waals surface area contributed by atoms with Gasteiger partial charge in [-0.3, -0.25) is 0 Å². The molecule has 2 unspecified atom stereocenters. The molecule has 0 saturated carbocycles. The highest BCUT2D eigenvalue weighted by Gasteiger charge is 2.16. The Labute approximate surface area is 90.7 Å². The van der Waals surface area contributed by atoms with E-state index in [4.69, 9.17) is 0 Å². The normalized spacial score (nSPS) is 15.9. The molecule has 0 spiro atoms. The molecular formula is C13H29N. The molecule has 0 aliphatic carbocycles. The molecule has 86 valence electrons. The lowest BCUT2D eigenvalue weighted by molar-refractivity contribution is 0.307. The fourth-order valence-electron chi connectivity index (χ4n) is 2.01. The summed E-state index contributed by atoms with van der Waals surface area (Å²) >= 11 is 0. The van der Waals surface area contributed by atoms with Gasteiger partial charge in [-0.05, 0) is 37.6 Å². The lowest BCUT2D eigenvalue weighted by atomic mass is 9.90. The molecule has 0 aliphatic rings. The number of rotatable bonds is 8. The van der Waals surface area contributed by atoms with Crippen molar-refractivity contribution in [3.8, 4) is 0 Å². The van der Waals surface area contributed by atoms with E-state index < -0.39 is 0 Å². The van der Waals surface area contributed by atoms with E-state index in [1.165, 1.54) is 32.2 Å². The molecule has 0 radical (unpaired) electrons. The zero-order valence-corrected chi connectivity index (χ0v) is 10.8. The third kappa shape index (κ3) is 6.42. The molecular weight excluding hydrogens is 170 g/mol. The maximum atomic E-state index is 3.69. The van der Waals surface area contributed by atoms with E-state index in [1.54, 1.807) is 0 Å². The molecule has 0 aromatic carbocycles. The molecule has 1 nitrogen and oxygen atoms in total. The fourth-order valence-corrected chi connectivity index (χ4v) is 2.01. The molecule has 0 fully saturated rings. The van der Waals surface area contributed by atoms with Crippen molar-refractivity contribution in [1.29, 1.82) is 0 Å². The zero-order valence-electron chi connectivity index (χ0n) is 10.8. The summed E-state index contributed by atoms with van der Waals surface area (Å²) in [4.78, 5) is 0. The van der Waals surface area contributed by atoms with Crippen molar-refractivity contribution in [2.75, 3.05) is 6.54 Å². The molecule has 0 amide bonds. The van der Waals surface area contributed by atoms with E-state index in [1.807, 2.05) is 0 Å².